The van der Waals surface area contributed by atoms with Crippen molar-refractivity contribution in [3.8, 4) is 5.75 Å². The van der Waals surface area contributed by atoms with Crippen molar-refractivity contribution in [1.82, 2.24) is 18.9 Å². The van der Waals surface area contributed by atoms with E-state index in [9.17, 15) is 28.0 Å². The molecule has 9 nitrogen and oxygen atoms in total. The van der Waals surface area contributed by atoms with Crippen molar-refractivity contribution in [1.29, 1.82) is 0 Å². The van der Waals surface area contributed by atoms with Crippen LogP contribution in [0.1, 0.15) is 39.2 Å². The summed E-state index contributed by atoms with van der Waals surface area (Å²) >= 11 is 0. The number of halogens is 2. The van der Waals surface area contributed by atoms with Crippen molar-refractivity contribution >= 4 is 22.7 Å². The van der Waals surface area contributed by atoms with Gasteiger partial charge in [0.2, 0.25) is 11.8 Å². The number of hydrogen-bond donors (Lipinski definition) is 0. The van der Waals surface area contributed by atoms with Crippen LogP contribution >= 0.6 is 0 Å². The van der Waals surface area contributed by atoms with Crippen LogP contribution in [-0.2, 0) is 16.1 Å². The smallest absolute Gasteiger partial charge is 0.335 e. The predicted octanol–water partition coefficient (Wildman–Crippen LogP) is 2.06. The summed E-state index contributed by atoms with van der Waals surface area (Å²) in [6.07, 6.45) is 2.44. The molecule has 0 bridgehead atoms. The summed E-state index contributed by atoms with van der Waals surface area (Å²) in [5.74, 6) is 0.190. The highest BCUT2D eigenvalue weighted by Crippen LogP contribution is 2.31. The first-order valence-electron chi connectivity index (χ1n) is 11.9. The molecule has 1 aromatic heterocycles. The summed E-state index contributed by atoms with van der Waals surface area (Å²) in [4.78, 5) is 53.9. The Morgan fingerprint density at radius 3 is 2.23 bits per heavy atom. The molecule has 1 aliphatic heterocycles. The summed E-state index contributed by atoms with van der Waals surface area (Å²) < 4.78 is 33.9. The van der Waals surface area contributed by atoms with E-state index in [-0.39, 0.29) is 41.1 Å². The number of methoxy groups -OCH3 is 1. The minimum Gasteiger partial charge on any atom is -0.497 e. The maximum Gasteiger partial charge on any atom is 0.335 e. The Hall–Kier alpha value is -3.24. The second kappa shape index (κ2) is 10.2. The molecule has 2 aromatic rings. The van der Waals surface area contributed by atoms with Crippen LogP contribution in [0, 0.1) is 11.8 Å². The van der Waals surface area contributed by atoms with Crippen molar-refractivity contribution in [2.45, 2.75) is 45.7 Å². The van der Waals surface area contributed by atoms with E-state index in [0.717, 1.165) is 4.57 Å². The van der Waals surface area contributed by atoms with Gasteiger partial charge in [-0.05, 0) is 49.8 Å². The first-order chi connectivity index (χ1) is 16.7. The van der Waals surface area contributed by atoms with Crippen LogP contribution in [0.25, 0.3) is 10.9 Å². The summed E-state index contributed by atoms with van der Waals surface area (Å²) in [5.41, 5.74) is -1.79. The molecule has 11 heteroatoms. The van der Waals surface area contributed by atoms with Gasteiger partial charge in [0.15, 0.2) is 0 Å². The number of carbonyl (C=O) groups is 2. The Kier molecular flexibility index (Phi) is 7.23. The lowest BCUT2D eigenvalue weighted by Gasteiger charge is -2.37. The van der Waals surface area contributed by atoms with E-state index in [4.69, 9.17) is 4.74 Å². The molecular formula is C24H30F2N4O5. The monoisotopic (exact) mass is 492 g/mol. The fourth-order valence-electron chi connectivity index (χ4n) is 5.19. The fraction of sp³-hybridized carbons (Fsp3) is 0.583. The lowest BCUT2D eigenvalue weighted by molar-refractivity contribution is -0.142. The highest BCUT2D eigenvalue weighted by molar-refractivity contribution is 5.80. The summed E-state index contributed by atoms with van der Waals surface area (Å²) in [5, 5.41) is -0.00202. The lowest BCUT2D eigenvalue weighted by Crippen LogP contribution is -2.51. The number of nitrogens with zero attached hydrogens (tertiary/aromatic N) is 4. The second-order valence-corrected chi connectivity index (χ2v) is 9.28. The van der Waals surface area contributed by atoms with Crippen LogP contribution < -0.4 is 16.0 Å². The Morgan fingerprint density at radius 1 is 1.03 bits per heavy atom. The van der Waals surface area contributed by atoms with E-state index in [0.29, 0.717) is 62.2 Å². The van der Waals surface area contributed by atoms with E-state index in [1.54, 1.807) is 9.80 Å². The average Bonchev–Trinajstić information content (AvgIpc) is 2.86. The van der Waals surface area contributed by atoms with E-state index in [2.05, 4.69) is 0 Å². The highest BCUT2D eigenvalue weighted by Gasteiger charge is 2.32. The number of aromatic nitrogens is 2. The minimum atomic E-state index is -3.10. The van der Waals surface area contributed by atoms with E-state index < -0.39 is 17.8 Å². The number of benzene rings is 1. The van der Waals surface area contributed by atoms with Gasteiger partial charge >= 0.3 is 12.2 Å². The zero-order chi connectivity index (χ0) is 25.3. The maximum absolute atomic E-state index is 13.8. The van der Waals surface area contributed by atoms with Gasteiger partial charge in [0, 0.05) is 45.6 Å². The maximum atomic E-state index is 13.8. The molecule has 2 amide bonds. The van der Waals surface area contributed by atoms with Crippen LogP contribution in [0.5, 0.6) is 5.75 Å². The molecule has 4 rings (SSSR count). The Morgan fingerprint density at radius 2 is 1.66 bits per heavy atom. The number of piperazine rings is 1. The quantitative estimate of drug-likeness (QED) is 0.637. The number of ether oxygens (including phenoxy) is 1. The number of amides is 2. The van der Waals surface area contributed by atoms with Crippen molar-refractivity contribution < 1.29 is 23.1 Å². The van der Waals surface area contributed by atoms with Gasteiger partial charge in [-0.25, -0.2) is 9.36 Å². The van der Waals surface area contributed by atoms with Crippen LogP contribution in [0.3, 0.4) is 0 Å². The molecule has 0 spiro atoms. The molecule has 1 aliphatic carbocycles. The van der Waals surface area contributed by atoms with Gasteiger partial charge in [0.05, 0.1) is 18.0 Å². The van der Waals surface area contributed by atoms with Crippen LogP contribution in [-0.4, -0.2) is 64.0 Å². The molecule has 1 saturated heterocycles. The van der Waals surface area contributed by atoms with Gasteiger partial charge < -0.3 is 14.5 Å². The molecule has 2 heterocycles. The predicted molar refractivity (Wildman–Crippen MR) is 125 cm³/mol. The molecule has 1 saturated carbocycles. The fourth-order valence-corrected chi connectivity index (χ4v) is 5.19. The highest BCUT2D eigenvalue weighted by atomic mass is 19.3. The largest absolute Gasteiger partial charge is 0.497 e. The molecule has 35 heavy (non-hydrogen) atoms. The summed E-state index contributed by atoms with van der Waals surface area (Å²) in [6.45, 7) is 0.539. The molecule has 1 aromatic carbocycles. The van der Waals surface area contributed by atoms with Crippen molar-refractivity contribution in [2.75, 3.05) is 33.3 Å². The Balaban J connectivity index is 1.47. The normalized spacial score (nSPS) is 20.9. The number of carbonyl (C=O) groups excluding carboxylic acids is 2. The molecular weight excluding hydrogens is 462 g/mol. The number of hydrogen-bond acceptors (Lipinski definition) is 5. The molecule has 0 unspecified atom stereocenters. The zero-order valence-electron chi connectivity index (χ0n) is 19.9. The van der Waals surface area contributed by atoms with Gasteiger partial charge in [-0.3, -0.25) is 19.0 Å². The van der Waals surface area contributed by atoms with E-state index >= 15 is 0 Å². The van der Waals surface area contributed by atoms with E-state index in [1.165, 1.54) is 32.2 Å². The summed E-state index contributed by atoms with van der Waals surface area (Å²) in [7, 11) is 1.41. The van der Waals surface area contributed by atoms with Crippen molar-refractivity contribution in [2.24, 2.45) is 11.8 Å². The minimum absolute atomic E-state index is 0.00202. The zero-order valence-corrected chi connectivity index (χ0v) is 19.9. The average molecular weight is 493 g/mol. The molecule has 190 valence electrons. The standard InChI is InChI=1S/C24H30F2N4O5/c1-15(31)27-9-11-28(12-10-27)21(32)17-5-3-16(4-6-17)14-29-22(33)19-13-18(35-2)7-8-20(19)30(23(25)26)24(29)34/h7-8,13,16-17,23H,3-6,9-12,14H2,1-2H3. The first kappa shape index (κ1) is 24.9. The second-order valence-electron chi connectivity index (χ2n) is 9.28. The van der Waals surface area contributed by atoms with E-state index in [1.807, 2.05) is 0 Å². The van der Waals surface area contributed by atoms with Gasteiger partial charge in [-0.1, -0.05) is 0 Å². The molecule has 0 radical (unpaired) electrons. The first-order valence-corrected chi connectivity index (χ1v) is 11.9. The SMILES string of the molecule is COc1ccc2c(c1)c(=O)n(CC1CCC(C(=O)N3CCN(C(C)=O)CC3)CC1)c(=O)n2C(F)F. The lowest BCUT2D eigenvalue weighted by atomic mass is 9.81. The van der Waals surface area contributed by atoms with Gasteiger partial charge in [-0.15, -0.1) is 0 Å². The van der Waals surface area contributed by atoms with Crippen molar-refractivity contribution in [3.05, 3.63) is 39.0 Å². The van der Waals surface area contributed by atoms with Gasteiger partial charge in [0.25, 0.3) is 5.56 Å². The van der Waals surface area contributed by atoms with Gasteiger partial charge in [0.1, 0.15) is 5.75 Å². The van der Waals surface area contributed by atoms with Crippen molar-refractivity contribution in [3.63, 3.8) is 0 Å². The van der Waals surface area contributed by atoms with Gasteiger partial charge in [-0.2, -0.15) is 8.78 Å². The number of alkyl halides is 2. The Labute approximate surface area is 200 Å². The molecule has 2 aliphatic rings. The van der Waals surface area contributed by atoms with Crippen LogP contribution in [0.4, 0.5) is 8.78 Å². The molecule has 0 atom stereocenters. The number of fused-ring (bicyclic) bond motifs is 1. The van der Waals surface area contributed by atoms with Crippen LogP contribution in [0.2, 0.25) is 0 Å². The molecule has 0 N–H and O–H groups in total. The Bertz CT molecular complexity index is 1220. The summed E-state index contributed by atoms with van der Waals surface area (Å²) in [6, 6.07) is 4.09. The third-order valence-corrected chi connectivity index (χ3v) is 7.24. The van der Waals surface area contributed by atoms with Crippen LogP contribution in [0.15, 0.2) is 27.8 Å². The third kappa shape index (κ3) is 4.94. The topological polar surface area (TPSA) is 93.8 Å². The molecule has 2 fully saturated rings. The number of rotatable bonds is 5. The third-order valence-electron chi connectivity index (χ3n) is 7.24.